The van der Waals surface area contributed by atoms with Crippen molar-refractivity contribution in [2.24, 2.45) is 0 Å². The maximum Gasteiger partial charge on any atom is 0.258 e. The number of hydrogen-bond acceptors (Lipinski definition) is 4. The van der Waals surface area contributed by atoms with Crippen molar-refractivity contribution in [3.05, 3.63) is 45.1 Å². The highest BCUT2D eigenvalue weighted by Gasteiger charge is 2.35. The molecule has 0 unspecified atom stereocenters. The molecule has 1 aromatic carbocycles. The summed E-state index contributed by atoms with van der Waals surface area (Å²) in [5.74, 6) is 1.18. The second-order valence-electron chi connectivity index (χ2n) is 6.07. The number of hydrogen-bond donors (Lipinski definition) is 0. The van der Waals surface area contributed by atoms with Crippen molar-refractivity contribution < 1.29 is 14.3 Å². The fourth-order valence-corrected chi connectivity index (χ4v) is 4.18. The molecule has 0 radical (unpaired) electrons. The molecule has 1 amide bonds. The summed E-state index contributed by atoms with van der Waals surface area (Å²) < 4.78 is 12.7. The summed E-state index contributed by atoms with van der Waals surface area (Å²) in [5.41, 5.74) is 0.734. The molecule has 126 valence electrons. The zero-order chi connectivity index (χ0) is 17.5. The Bertz CT molecular complexity index is 785. The molecule has 5 nitrogen and oxygen atoms in total. The summed E-state index contributed by atoms with van der Waals surface area (Å²) in [6, 6.07) is 5.28. The van der Waals surface area contributed by atoms with Gasteiger partial charge < -0.3 is 9.47 Å². The number of nitrogens with zero attached hydrogens (tertiary/aromatic N) is 2. The van der Waals surface area contributed by atoms with Crippen molar-refractivity contribution in [2.45, 2.75) is 19.4 Å². The third-order valence-corrected chi connectivity index (χ3v) is 4.85. The number of methoxy groups -OCH3 is 1. The number of carbonyl (C=O) groups excluding carboxylic acids is 1. The van der Waals surface area contributed by atoms with E-state index in [0.717, 1.165) is 0 Å². The maximum atomic E-state index is 13.1. The lowest BCUT2D eigenvalue weighted by Gasteiger charge is -2.39. The minimum atomic E-state index is -0.481. The van der Waals surface area contributed by atoms with E-state index in [1.807, 2.05) is 13.8 Å². The number of rotatable bonds is 2. The third kappa shape index (κ3) is 3.15. The molecule has 0 bridgehead atoms. The van der Waals surface area contributed by atoms with Gasteiger partial charge in [-0.15, -0.1) is 0 Å². The Morgan fingerprint density at radius 1 is 1.33 bits per heavy atom. The summed E-state index contributed by atoms with van der Waals surface area (Å²) in [7, 11) is 1.58. The van der Waals surface area contributed by atoms with Crippen LogP contribution in [0.25, 0.3) is 0 Å². The van der Waals surface area contributed by atoms with Gasteiger partial charge in [0.1, 0.15) is 22.8 Å². The van der Waals surface area contributed by atoms with Crippen molar-refractivity contribution in [3.63, 3.8) is 0 Å². The first kappa shape index (κ1) is 17.2. The SMILES string of the molecule is COc1c(Br)cc(C(=O)N2CC(C)(C)Oc3ccncc32)cc1Br. The quantitative estimate of drug-likeness (QED) is 0.671. The van der Waals surface area contributed by atoms with Crippen LogP contribution in [0, 0.1) is 0 Å². The van der Waals surface area contributed by atoms with E-state index >= 15 is 0 Å². The summed E-state index contributed by atoms with van der Waals surface area (Å²) in [4.78, 5) is 18.9. The summed E-state index contributed by atoms with van der Waals surface area (Å²) in [6.07, 6.45) is 3.31. The summed E-state index contributed by atoms with van der Waals surface area (Å²) in [5, 5.41) is 0. The fourth-order valence-electron chi connectivity index (χ4n) is 2.67. The fraction of sp³-hybridized carbons (Fsp3) is 0.294. The van der Waals surface area contributed by atoms with Gasteiger partial charge in [0.2, 0.25) is 0 Å². The molecule has 24 heavy (non-hydrogen) atoms. The number of ether oxygens (including phenoxy) is 2. The van der Waals surface area contributed by atoms with Gasteiger partial charge >= 0.3 is 0 Å². The van der Waals surface area contributed by atoms with Crippen LogP contribution in [0.2, 0.25) is 0 Å². The first-order valence-corrected chi connectivity index (χ1v) is 8.89. The van der Waals surface area contributed by atoms with E-state index in [-0.39, 0.29) is 5.91 Å². The largest absolute Gasteiger partial charge is 0.494 e. The molecule has 1 aromatic heterocycles. The monoisotopic (exact) mass is 454 g/mol. The average Bonchev–Trinajstić information content (AvgIpc) is 2.52. The molecule has 0 saturated heterocycles. The van der Waals surface area contributed by atoms with Gasteiger partial charge in [0.25, 0.3) is 5.91 Å². The van der Waals surface area contributed by atoms with E-state index in [1.54, 1.807) is 42.6 Å². The van der Waals surface area contributed by atoms with Crippen LogP contribution in [0.15, 0.2) is 39.5 Å². The molecule has 1 aliphatic rings. The smallest absolute Gasteiger partial charge is 0.258 e. The van der Waals surface area contributed by atoms with Crippen molar-refractivity contribution in [1.82, 2.24) is 4.98 Å². The number of pyridine rings is 1. The van der Waals surface area contributed by atoms with Gasteiger partial charge in [0.05, 0.1) is 28.8 Å². The van der Waals surface area contributed by atoms with Crippen LogP contribution in [0.1, 0.15) is 24.2 Å². The number of aromatic nitrogens is 1. The topological polar surface area (TPSA) is 51.7 Å². The molecule has 0 spiro atoms. The molecule has 3 rings (SSSR count). The van der Waals surface area contributed by atoms with Crippen molar-refractivity contribution in [2.75, 3.05) is 18.6 Å². The first-order valence-electron chi connectivity index (χ1n) is 7.30. The van der Waals surface area contributed by atoms with E-state index in [2.05, 4.69) is 36.8 Å². The average molecular weight is 456 g/mol. The standard InChI is InChI=1S/C17H16Br2N2O3/c1-17(2)9-21(13-8-20-5-4-14(13)24-17)16(22)10-6-11(18)15(23-3)12(19)7-10/h4-8H,9H2,1-3H3. The number of benzene rings is 1. The zero-order valence-corrected chi connectivity index (χ0v) is 16.6. The Morgan fingerprint density at radius 2 is 2.00 bits per heavy atom. The third-order valence-electron chi connectivity index (χ3n) is 3.67. The van der Waals surface area contributed by atoms with E-state index in [4.69, 9.17) is 9.47 Å². The molecule has 2 aromatic rings. The van der Waals surface area contributed by atoms with Crippen molar-refractivity contribution in [1.29, 1.82) is 0 Å². The molecule has 0 fully saturated rings. The number of halogens is 2. The van der Waals surface area contributed by atoms with Crippen molar-refractivity contribution >= 4 is 43.5 Å². The maximum absolute atomic E-state index is 13.1. The molecule has 0 atom stereocenters. The summed E-state index contributed by atoms with van der Waals surface area (Å²) >= 11 is 6.88. The van der Waals surface area contributed by atoms with Crippen LogP contribution in [-0.4, -0.2) is 30.1 Å². The molecule has 7 heteroatoms. The number of fused-ring (bicyclic) bond motifs is 1. The van der Waals surface area contributed by atoms with E-state index in [9.17, 15) is 4.79 Å². The lowest BCUT2D eigenvalue weighted by atomic mass is 10.0. The minimum absolute atomic E-state index is 0.121. The van der Waals surface area contributed by atoms with Crippen LogP contribution in [0.3, 0.4) is 0 Å². The lowest BCUT2D eigenvalue weighted by molar-refractivity contribution is 0.0835. The molecule has 2 heterocycles. The number of anilines is 1. The van der Waals surface area contributed by atoms with Crippen LogP contribution in [0.4, 0.5) is 5.69 Å². The highest BCUT2D eigenvalue weighted by molar-refractivity contribution is 9.11. The first-order chi connectivity index (χ1) is 11.3. The summed E-state index contributed by atoms with van der Waals surface area (Å²) in [6.45, 7) is 4.35. The predicted octanol–water partition coefficient (Wildman–Crippen LogP) is 4.43. The lowest BCUT2D eigenvalue weighted by Crippen LogP contribution is -2.49. The Hall–Kier alpha value is -1.60. The zero-order valence-electron chi connectivity index (χ0n) is 13.5. The Labute approximate surface area is 157 Å². The molecular weight excluding hydrogens is 440 g/mol. The van der Waals surface area contributed by atoms with Crippen LogP contribution >= 0.6 is 31.9 Å². The van der Waals surface area contributed by atoms with Crippen molar-refractivity contribution in [3.8, 4) is 11.5 Å². The highest BCUT2D eigenvalue weighted by atomic mass is 79.9. The van der Waals surface area contributed by atoms with E-state index < -0.39 is 5.60 Å². The number of amides is 1. The molecule has 0 N–H and O–H groups in total. The highest BCUT2D eigenvalue weighted by Crippen LogP contribution is 2.39. The molecular formula is C17H16Br2N2O3. The van der Waals surface area contributed by atoms with Gasteiger partial charge in [-0.2, -0.15) is 0 Å². The van der Waals surface area contributed by atoms with Gasteiger partial charge in [-0.25, -0.2) is 0 Å². The number of carbonyl (C=O) groups is 1. The molecule has 0 saturated carbocycles. The van der Waals surface area contributed by atoms with E-state index in [1.165, 1.54) is 0 Å². The minimum Gasteiger partial charge on any atom is -0.494 e. The Morgan fingerprint density at radius 3 is 2.62 bits per heavy atom. The predicted molar refractivity (Wildman–Crippen MR) is 99.0 cm³/mol. The van der Waals surface area contributed by atoms with Gasteiger partial charge in [-0.05, 0) is 57.8 Å². The van der Waals surface area contributed by atoms with Gasteiger partial charge in [-0.1, -0.05) is 0 Å². The van der Waals surface area contributed by atoms with Crippen LogP contribution in [-0.2, 0) is 0 Å². The second kappa shape index (κ2) is 6.37. The molecule has 1 aliphatic heterocycles. The Balaban J connectivity index is 2.04. The second-order valence-corrected chi connectivity index (χ2v) is 7.78. The van der Waals surface area contributed by atoms with Gasteiger partial charge in [0, 0.05) is 17.8 Å². The van der Waals surface area contributed by atoms with Gasteiger partial charge in [-0.3, -0.25) is 14.7 Å². The Kier molecular flexibility index (Phi) is 4.57. The van der Waals surface area contributed by atoms with E-state index in [0.29, 0.717) is 38.2 Å². The van der Waals surface area contributed by atoms with Gasteiger partial charge in [0.15, 0.2) is 0 Å². The molecule has 0 aliphatic carbocycles. The van der Waals surface area contributed by atoms with Crippen LogP contribution in [0.5, 0.6) is 11.5 Å². The van der Waals surface area contributed by atoms with Crippen LogP contribution < -0.4 is 14.4 Å². The normalized spacial score (nSPS) is 15.5.